The maximum Gasteiger partial charge on any atom is 0.336 e. The molecule has 1 aliphatic carbocycles. The Balaban J connectivity index is 1.30. The number of phenolic OH excluding ortho intramolecular Hbond substituents is 1. The van der Waals surface area contributed by atoms with E-state index in [9.17, 15) is 24.2 Å². The molecule has 11 heteroatoms. The number of aromatic hydroxyl groups is 1. The number of anilines is 1. The van der Waals surface area contributed by atoms with E-state index in [-0.39, 0.29) is 51.1 Å². The van der Waals surface area contributed by atoms with Crippen LogP contribution in [0.4, 0.5) is 14.5 Å². The molecule has 0 amide bonds. The largest absolute Gasteiger partial charge is 0.504 e. The van der Waals surface area contributed by atoms with Crippen LogP contribution in [0.5, 0.6) is 5.75 Å². The Bertz CT molecular complexity index is 2360. The van der Waals surface area contributed by atoms with Crippen LogP contribution in [0.1, 0.15) is 32.9 Å². The first-order valence-electron chi connectivity index (χ1n) is 16.0. The van der Waals surface area contributed by atoms with Crippen molar-refractivity contribution in [3.63, 3.8) is 0 Å². The molecule has 0 radical (unpaired) electrons. The van der Waals surface area contributed by atoms with Crippen molar-refractivity contribution in [1.29, 1.82) is 0 Å². The van der Waals surface area contributed by atoms with E-state index < -0.39 is 28.8 Å². The molecule has 51 heavy (non-hydrogen) atoms. The van der Waals surface area contributed by atoms with Gasteiger partial charge < -0.3 is 19.9 Å². The van der Waals surface area contributed by atoms with E-state index in [0.717, 1.165) is 35.2 Å². The highest BCUT2D eigenvalue weighted by Gasteiger charge is 2.26. The minimum absolute atomic E-state index is 0.000452. The standard InChI is InChI=1S/C40H30F2N4O5/c41-32-17-29-36(19-35(32)47)51-39-30(37(29)27-12-2-3-13-28(27)40(49)50)18-33(42)38(48)31(39)20-45-34-14-4-1-9-24(34)21-46(22-25-10-5-7-15-43-25)23-26-11-6-8-16-44-26/h1-19,45,48H,20-23H2,(H,49,50). The summed E-state index contributed by atoms with van der Waals surface area (Å²) in [6, 6.07) is 28.0. The molecule has 1 aliphatic heterocycles. The third-order valence-corrected chi connectivity index (χ3v) is 8.60. The molecule has 0 unspecified atom stereocenters. The van der Waals surface area contributed by atoms with Crippen molar-refractivity contribution in [3.05, 3.63) is 165 Å². The van der Waals surface area contributed by atoms with Gasteiger partial charge in [-0.25, -0.2) is 13.6 Å². The van der Waals surface area contributed by atoms with Gasteiger partial charge in [-0.3, -0.25) is 19.7 Å². The first-order valence-corrected chi connectivity index (χ1v) is 16.0. The summed E-state index contributed by atoms with van der Waals surface area (Å²) in [5, 5.41) is 24.5. The molecule has 7 rings (SSSR count). The summed E-state index contributed by atoms with van der Waals surface area (Å²) < 4.78 is 36.4. The van der Waals surface area contributed by atoms with Crippen molar-refractivity contribution in [2.45, 2.75) is 26.2 Å². The second-order valence-corrected chi connectivity index (χ2v) is 12.0. The van der Waals surface area contributed by atoms with Gasteiger partial charge >= 0.3 is 5.97 Å². The molecular formula is C40H30F2N4O5. The number of fused-ring (bicyclic) bond motifs is 2. The number of nitrogens with one attached hydrogen (secondary N) is 1. The number of carbonyl (C=O) groups is 1. The van der Waals surface area contributed by atoms with Gasteiger partial charge in [0.05, 0.1) is 22.5 Å². The number of aromatic carboxylic acids is 1. The number of halogens is 2. The highest BCUT2D eigenvalue weighted by atomic mass is 19.1. The Morgan fingerprint density at radius 1 is 0.784 bits per heavy atom. The van der Waals surface area contributed by atoms with Gasteiger partial charge in [-0.2, -0.15) is 0 Å². The molecule has 0 fully saturated rings. The second-order valence-electron chi connectivity index (χ2n) is 12.0. The molecule has 0 saturated heterocycles. The van der Waals surface area contributed by atoms with Crippen LogP contribution in [0.3, 0.4) is 0 Å². The topological polar surface area (TPSA) is 129 Å². The Morgan fingerprint density at radius 2 is 1.45 bits per heavy atom. The van der Waals surface area contributed by atoms with Gasteiger partial charge in [0.1, 0.15) is 11.3 Å². The first-order chi connectivity index (χ1) is 24.8. The summed E-state index contributed by atoms with van der Waals surface area (Å²) in [6.45, 7) is 1.43. The number of para-hydroxylation sites is 1. The monoisotopic (exact) mass is 684 g/mol. The summed E-state index contributed by atoms with van der Waals surface area (Å²) in [4.78, 5) is 35.9. The number of aromatic nitrogens is 2. The van der Waals surface area contributed by atoms with E-state index in [4.69, 9.17) is 4.42 Å². The lowest BCUT2D eigenvalue weighted by molar-refractivity contribution is 0.0697. The number of carboxylic acids is 1. The van der Waals surface area contributed by atoms with Gasteiger partial charge in [-0.05, 0) is 59.7 Å². The van der Waals surface area contributed by atoms with Crippen molar-refractivity contribution in [1.82, 2.24) is 14.9 Å². The van der Waals surface area contributed by atoms with E-state index in [1.54, 1.807) is 18.5 Å². The maximum absolute atomic E-state index is 15.6. The van der Waals surface area contributed by atoms with Gasteiger partial charge in [-0.15, -0.1) is 0 Å². The lowest BCUT2D eigenvalue weighted by atomic mass is 9.89. The van der Waals surface area contributed by atoms with Crippen LogP contribution in [0.2, 0.25) is 0 Å². The van der Waals surface area contributed by atoms with Gasteiger partial charge in [0.25, 0.3) is 0 Å². The van der Waals surface area contributed by atoms with Crippen LogP contribution in [0.15, 0.2) is 125 Å². The lowest BCUT2D eigenvalue weighted by Gasteiger charge is -2.24. The van der Waals surface area contributed by atoms with Crippen molar-refractivity contribution >= 4 is 22.6 Å². The van der Waals surface area contributed by atoms with E-state index in [1.165, 1.54) is 18.2 Å². The second kappa shape index (κ2) is 14.2. The number of hydrogen-bond acceptors (Lipinski definition) is 8. The van der Waals surface area contributed by atoms with E-state index >= 15 is 4.39 Å². The van der Waals surface area contributed by atoms with Gasteiger partial charge in [-0.1, -0.05) is 48.5 Å². The molecule has 254 valence electrons. The minimum Gasteiger partial charge on any atom is -0.504 e. The summed E-state index contributed by atoms with van der Waals surface area (Å²) in [6.07, 6.45) is 3.49. The predicted octanol–water partition coefficient (Wildman–Crippen LogP) is 7.85. The first kappa shape index (κ1) is 33.1. The van der Waals surface area contributed by atoms with E-state index in [2.05, 4.69) is 20.2 Å². The Hall–Kier alpha value is -6.46. The molecule has 0 saturated carbocycles. The quantitative estimate of drug-likeness (QED) is 0.117. The average Bonchev–Trinajstić information content (AvgIpc) is 3.13. The molecule has 9 nitrogen and oxygen atoms in total. The smallest absolute Gasteiger partial charge is 0.336 e. The molecule has 3 aromatic carbocycles. The van der Waals surface area contributed by atoms with Crippen LogP contribution < -0.4 is 10.7 Å². The lowest BCUT2D eigenvalue weighted by Crippen LogP contribution is -2.24. The van der Waals surface area contributed by atoms with Crippen LogP contribution in [-0.2, 0) is 26.2 Å². The van der Waals surface area contributed by atoms with Crippen LogP contribution in [0.25, 0.3) is 33.4 Å². The van der Waals surface area contributed by atoms with Crippen molar-refractivity contribution in [2.75, 3.05) is 5.32 Å². The predicted molar refractivity (Wildman–Crippen MR) is 188 cm³/mol. The van der Waals surface area contributed by atoms with Crippen molar-refractivity contribution < 1.29 is 28.2 Å². The molecule has 3 heterocycles. The zero-order valence-corrected chi connectivity index (χ0v) is 27.0. The van der Waals surface area contributed by atoms with Crippen molar-refractivity contribution in [3.8, 4) is 28.2 Å². The number of rotatable bonds is 11. The highest BCUT2D eigenvalue weighted by molar-refractivity contribution is 6.08. The summed E-state index contributed by atoms with van der Waals surface area (Å²) in [7, 11) is 0. The Labute approximate surface area is 290 Å². The molecular weight excluding hydrogens is 654 g/mol. The van der Waals surface area contributed by atoms with E-state index in [0.29, 0.717) is 25.3 Å². The zero-order valence-electron chi connectivity index (χ0n) is 27.0. The zero-order chi connectivity index (χ0) is 35.5. The number of carboxylic acid groups (broad SMARTS) is 1. The third kappa shape index (κ3) is 6.87. The number of nitrogens with zero attached hydrogens (tertiary/aromatic N) is 3. The Kier molecular flexibility index (Phi) is 9.19. The molecule has 2 aliphatic rings. The average molecular weight is 685 g/mol. The van der Waals surface area contributed by atoms with Crippen LogP contribution in [0, 0.1) is 11.6 Å². The number of phenols is 1. The number of hydrogen-bond donors (Lipinski definition) is 3. The maximum atomic E-state index is 15.6. The molecule has 0 spiro atoms. The molecule has 0 bridgehead atoms. The Morgan fingerprint density at radius 3 is 2.14 bits per heavy atom. The fourth-order valence-corrected chi connectivity index (χ4v) is 6.25. The molecule has 5 aromatic rings. The minimum atomic E-state index is -1.26. The van der Waals surface area contributed by atoms with E-state index in [1.807, 2.05) is 60.7 Å². The van der Waals surface area contributed by atoms with Crippen LogP contribution >= 0.6 is 0 Å². The molecule has 0 atom stereocenters. The molecule has 3 N–H and O–H groups in total. The van der Waals surface area contributed by atoms with Gasteiger partial charge in [0, 0.05) is 66.8 Å². The van der Waals surface area contributed by atoms with Crippen LogP contribution in [-0.4, -0.2) is 31.1 Å². The highest BCUT2D eigenvalue weighted by Crippen LogP contribution is 2.44. The third-order valence-electron chi connectivity index (χ3n) is 8.60. The molecule has 2 aromatic heterocycles. The summed E-state index contributed by atoms with van der Waals surface area (Å²) >= 11 is 0. The number of benzene rings is 4. The van der Waals surface area contributed by atoms with Crippen molar-refractivity contribution in [2.24, 2.45) is 0 Å². The summed E-state index contributed by atoms with van der Waals surface area (Å²) in [5.41, 5.74) is 2.68. The van der Waals surface area contributed by atoms with Gasteiger partial charge in [0.15, 0.2) is 17.4 Å². The normalized spacial score (nSPS) is 11.4. The number of pyridine rings is 2. The SMILES string of the molecule is O=C(O)c1ccccc1-c1c2cc(F)c(=O)cc-2oc2c(CNc3ccccc3CN(Cc3ccccn3)Cc3ccccn3)c(O)c(F)cc12. The summed E-state index contributed by atoms with van der Waals surface area (Å²) in [5.74, 6) is -4.08. The fraction of sp³-hybridized carbons (Fsp3) is 0.100. The fourth-order valence-electron chi connectivity index (χ4n) is 6.25. The van der Waals surface area contributed by atoms with Gasteiger partial charge in [0.2, 0.25) is 5.43 Å².